The van der Waals surface area contributed by atoms with Crippen LogP contribution in [-0.4, -0.2) is 30.8 Å². The summed E-state index contributed by atoms with van der Waals surface area (Å²) < 4.78 is 11.1. The van der Waals surface area contributed by atoms with Crippen LogP contribution in [0.1, 0.15) is 25.7 Å². The molecular formula is C14H21N3O2. The fraction of sp³-hybridized carbons (Fsp3) is 0.643. The van der Waals surface area contributed by atoms with Gasteiger partial charge in [0.2, 0.25) is 5.88 Å². The highest BCUT2D eigenvalue weighted by molar-refractivity contribution is 5.53. The van der Waals surface area contributed by atoms with Crippen molar-refractivity contribution in [1.29, 1.82) is 0 Å². The van der Waals surface area contributed by atoms with Gasteiger partial charge in [0, 0.05) is 6.61 Å². The Balaban J connectivity index is 1.61. The van der Waals surface area contributed by atoms with Crippen molar-refractivity contribution in [2.75, 3.05) is 30.9 Å². The SMILES string of the molecule is Nc1ccc(NC2CCCOC2)nc1OCC1CC1. The molecule has 1 aliphatic heterocycles. The molecule has 104 valence electrons. The van der Waals surface area contributed by atoms with Gasteiger partial charge in [-0.3, -0.25) is 0 Å². The summed E-state index contributed by atoms with van der Waals surface area (Å²) in [6, 6.07) is 4.08. The number of nitrogens with two attached hydrogens (primary N) is 1. The molecule has 0 radical (unpaired) electrons. The zero-order valence-corrected chi connectivity index (χ0v) is 11.1. The van der Waals surface area contributed by atoms with Crippen molar-refractivity contribution in [1.82, 2.24) is 4.98 Å². The normalized spacial score (nSPS) is 23.1. The first-order valence-corrected chi connectivity index (χ1v) is 7.05. The lowest BCUT2D eigenvalue weighted by Gasteiger charge is -2.23. The van der Waals surface area contributed by atoms with Crippen LogP contribution in [0.25, 0.3) is 0 Å². The van der Waals surface area contributed by atoms with E-state index < -0.39 is 0 Å². The fourth-order valence-corrected chi connectivity index (χ4v) is 2.19. The van der Waals surface area contributed by atoms with Gasteiger partial charge >= 0.3 is 0 Å². The average molecular weight is 263 g/mol. The van der Waals surface area contributed by atoms with Crippen molar-refractivity contribution in [3.05, 3.63) is 12.1 Å². The average Bonchev–Trinajstić information content (AvgIpc) is 3.25. The van der Waals surface area contributed by atoms with E-state index in [9.17, 15) is 0 Å². The largest absolute Gasteiger partial charge is 0.476 e. The topological polar surface area (TPSA) is 69.4 Å². The number of hydrogen-bond donors (Lipinski definition) is 2. The molecule has 0 spiro atoms. The molecule has 1 aromatic heterocycles. The van der Waals surface area contributed by atoms with E-state index in [1.165, 1.54) is 12.8 Å². The predicted molar refractivity (Wildman–Crippen MR) is 74.3 cm³/mol. The van der Waals surface area contributed by atoms with Gasteiger partial charge in [0.1, 0.15) is 5.82 Å². The minimum Gasteiger partial charge on any atom is -0.476 e. The van der Waals surface area contributed by atoms with Crippen molar-refractivity contribution in [3.8, 4) is 5.88 Å². The standard InChI is InChI=1S/C14H21N3O2/c15-12-5-6-13(16-11-2-1-7-18-9-11)17-14(12)19-8-10-3-4-10/h5-6,10-11H,1-4,7-9,15H2,(H,16,17). The number of nitrogens with one attached hydrogen (secondary N) is 1. The van der Waals surface area contributed by atoms with Crippen molar-refractivity contribution >= 4 is 11.5 Å². The van der Waals surface area contributed by atoms with Gasteiger partial charge in [-0.15, -0.1) is 0 Å². The minimum absolute atomic E-state index is 0.334. The van der Waals surface area contributed by atoms with Gasteiger partial charge < -0.3 is 20.5 Å². The molecule has 0 aromatic carbocycles. The van der Waals surface area contributed by atoms with Crippen LogP contribution in [-0.2, 0) is 4.74 Å². The number of hydrogen-bond acceptors (Lipinski definition) is 5. The second-order valence-corrected chi connectivity index (χ2v) is 5.40. The lowest BCUT2D eigenvalue weighted by Crippen LogP contribution is -2.30. The smallest absolute Gasteiger partial charge is 0.239 e. The number of ether oxygens (including phenoxy) is 2. The number of pyridine rings is 1. The zero-order chi connectivity index (χ0) is 13.1. The van der Waals surface area contributed by atoms with Crippen LogP contribution in [0.4, 0.5) is 11.5 Å². The van der Waals surface area contributed by atoms with E-state index in [2.05, 4.69) is 10.3 Å². The van der Waals surface area contributed by atoms with E-state index in [0.29, 0.717) is 23.5 Å². The molecule has 3 N–H and O–H groups in total. The Hall–Kier alpha value is -1.49. The molecule has 2 heterocycles. The Morgan fingerprint density at radius 2 is 2.26 bits per heavy atom. The first-order valence-electron chi connectivity index (χ1n) is 7.05. The molecule has 19 heavy (non-hydrogen) atoms. The quantitative estimate of drug-likeness (QED) is 0.850. The summed E-state index contributed by atoms with van der Waals surface area (Å²) in [5.74, 6) is 2.06. The molecule has 1 unspecified atom stereocenters. The Morgan fingerprint density at radius 1 is 1.37 bits per heavy atom. The van der Waals surface area contributed by atoms with Crippen molar-refractivity contribution in [3.63, 3.8) is 0 Å². The zero-order valence-electron chi connectivity index (χ0n) is 11.1. The minimum atomic E-state index is 0.334. The summed E-state index contributed by atoms with van der Waals surface area (Å²) >= 11 is 0. The molecule has 5 heteroatoms. The molecule has 0 amide bonds. The van der Waals surface area contributed by atoms with Gasteiger partial charge in [-0.1, -0.05) is 0 Å². The Bertz CT molecular complexity index is 429. The van der Waals surface area contributed by atoms with Crippen molar-refractivity contribution in [2.24, 2.45) is 5.92 Å². The maximum atomic E-state index is 5.89. The predicted octanol–water partition coefficient (Wildman–Crippen LogP) is 2.04. The first-order chi connectivity index (χ1) is 9.31. The lowest BCUT2D eigenvalue weighted by molar-refractivity contribution is 0.0875. The molecule has 2 fully saturated rings. The third kappa shape index (κ3) is 3.50. The van der Waals surface area contributed by atoms with Crippen LogP contribution in [0.2, 0.25) is 0 Å². The molecule has 1 aliphatic carbocycles. The number of rotatable bonds is 5. The van der Waals surface area contributed by atoms with Gasteiger partial charge in [-0.25, -0.2) is 0 Å². The summed E-state index contributed by atoms with van der Waals surface area (Å²) in [5.41, 5.74) is 6.49. The van der Waals surface area contributed by atoms with Crippen LogP contribution < -0.4 is 15.8 Å². The summed E-state index contributed by atoms with van der Waals surface area (Å²) in [6.07, 6.45) is 4.73. The summed E-state index contributed by atoms with van der Waals surface area (Å²) in [5, 5.41) is 3.38. The van der Waals surface area contributed by atoms with E-state index in [0.717, 1.165) is 38.5 Å². The van der Waals surface area contributed by atoms with E-state index >= 15 is 0 Å². The van der Waals surface area contributed by atoms with Crippen LogP contribution >= 0.6 is 0 Å². The van der Waals surface area contributed by atoms with E-state index in [4.69, 9.17) is 15.2 Å². The van der Waals surface area contributed by atoms with Gasteiger partial charge in [0.05, 0.1) is 24.9 Å². The third-order valence-corrected chi connectivity index (χ3v) is 3.55. The molecule has 1 saturated heterocycles. The van der Waals surface area contributed by atoms with Crippen LogP contribution in [0.15, 0.2) is 12.1 Å². The van der Waals surface area contributed by atoms with Crippen LogP contribution in [0, 0.1) is 5.92 Å². The summed E-state index contributed by atoms with van der Waals surface area (Å²) in [6.45, 7) is 2.33. The van der Waals surface area contributed by atoms with Gasteiger partial charge in [0.15, 0.2) is 0 Å². The molecule has 1 aromatic rings. The van der Waals surface area contributed by atoms with Crippen LogP contribution in [0.3, 0.4) is 0 Å². The second kappa shape index (κ2) is 5.65. The summed E-state index contributed by atoms with van der Waals surface area (Å²) in [4.78, 5) is 4.45. The molecule has 5 nitrogen and oxygen atoms in total. The maximum Gasteiger partial charge on any atom is 0.239 e. The van der Waals surface area contributed by atoms with E-state index in [1.807, 2.05) is 12.1 Å². The van der Waals surface area contributed by atoms with Gasteiger partial charge in [-0.2, -0.15) is 4.98 Å². The Labute approximate surface area is 113 Å². The molecule has 3 rings (SSSR count). The maximum absolute atomic E-state index is 5.89. The highest BCUT2D eigenvalue weighted by Crippen LogP contribution is 2.30. The van der Waals surface area contributed by atoms with E-state index in [1.54, 1.807) is 0 Å². The Kier molecular flexibility index (Phi) is 3.73. The molecule has 0 bridgehead atoms. The van der Waals surface area contributed by atoms with Gasteiger partial charge in [0.25, 0.3) is 0 Å². The molecule has 1 saturated carbocycles. The van der Waals surface area contributed by atoms with E-state index in [-0.39, 0.29) is 0 Å². The summed E-state index contributed by atoms with van der Waals surface area (Å²) in [7, 11) is 0. The second-order valence-electron chi connectivity index (χ2n) is 5.40. The van der Waals surface area contributed by atoms with Crippen LogP contribution in [0.5, 0.6) is 5.88 Å². The lowest BCUT2D eigenvalue weighted by atomic mass is 10.1. The fourth-order valence-electron chi connectivity index (χ4n) is 2.19. The van der Waals surface area contributed by atoms with Crippen molar-refractivity contribution < 1.29 is 9.47 Å². The third-order valence-electron chi connectivity index (χ3n) is 3.55. The highest BCUT2D eigenvalue weighted by Gasteiger charge is 2.22. The molecule has 1 atom stereocenters. The monoisotopic (exact) mass is 263 g/mol. The van der Waals surface area contributed by atoms with Crippen molar-refractivity contribution in [2.45, 2.75) is 31.7 Å². The first kappa shape index (κ1) is 12.5. The highest BCUT2D eigenvalue weighted by atomic mass is 16.5. The van der Waals surface area contributed by atoms with Gasteiger partial charge in [-0.05, 0) is 43.7 Å². The number of nitrogen functional groups attached to an aromatic ring is 1. The Morgan fingerprint density at radius 3 is 3.00 bits per heavy atom. The number of aromatic nitrogens is 1. The molecule has 2 aliphatic rings. The number of anilines is 2. The molecular weight excluding hydrogens is 242 g/mol. The number of nitrogens with zero attached hydrogens (tertiary/aromatic N) is 1.